The molecule has 2 saturated heterocycles. The smallest absolute Gasteiger partial charge is 0.0867 e. The highest BCUT2D eigenvalue weighted by Gasteiger charge is 2.35. The molecule has 1 aromatic carbocycles. The van der Waals surface area contributed by atoms with Crippen LogP contribution in [0.25, 0.3) is 0 Å². The summed E-state index contributed by atoms with van der Waals surface area (Å²) in [6, 6.07) is 11.3. The highest BCUT2D eigenvalue weighted by atomic mass is 16.5. The number of ether oxygens (including phenoxy) is 1. The van der Waals surface area contributed by atoms with Gasteiger partial charge in [-0.15, -0.1) is 0 Å². The molecule has 0 amide bonds. The number of nitrogens with zero attached hydrogens (tertiary/aromatic N) is 1. The Hall–Kier alpha value is -0.900. The molecule has 1 unspecified atom stereocenters. The van der Waals surface area contributed by atoms with Gasteiger partial charge in [0.2, 0.25) is 0 Å². The van der Waals surface area contributed by atoms with Crippen molar-refractivity contribution in [1.82, 2.24) is 10.2 Å². The highest BCUT2D eigenvalue weighted by Crippen LogP contribution is 2.19. The van der Waals surface area contributed by atoms with Crippen LogP contribution in [-0.2, 0) is 11.3 Å². The Kier molecular flexibility index (Phi) is 2.91. The summed E-state index contributed by atoms with van der Waals surface area (Å²) in [4.78, 5) is 2.55. The lowest BCUT2D eigenvalue weighted by Gasteiger charge is -2.36. The zero-order valence-corrected chi connectivity index (χ0v) is 9.43. The minimum atomic E-state index is 0.400. The second-order valence-electron chi connectivity index (χ2n) is 4.59. The summed E-state index contributed by atoms with van der Waals surface area (Å²) in [7, 11) is 0. The van der Waals surface area contributed by atoms with Gasteiger partial charge in [-0.2, -0.15) is 0 Å². The molecule has 0 spiro atoms. The first-order valence-electron chi connectivity index (χ1n) is 6.04. The third-order valence-corrected chi connectivity index (χ3v) is 3.54. The van der Waals surface area contributed by atoms with Crippen molar-refractivity contribution in [2.24, 2.45) is 0 Å². The number of nitrogens with one attached hydrogen (secondary N) is 1. The molecule has 1 N–H and O–H groups in total. The molecule has 2 aliphatic rings. The number of fused-ring (bicyclic) bond motifs is 1. The number of hydrogen-bond acceptors (Lipinski definition) is 3. The van der Waals surface area contributed by atoms with E-state index in [0.717, 1.165) is 32.8 Å². The predicted molar refractivity (Wildman–Crippen MR) is 63.2 cm³/mol. The molecule has 3 heteroatoms. The first kappa shape index (κ1) is 10.3. The van der Waals surface area contributed by atoms with Gasteiger partial charge >= 0.3 is 0 Å². The fourth-order valence-corrected chi connectivity index (χ4v) is 2.68. The fourth-order valence-electron chi connectivity index (χ4n) is 2.68. The monoisotopic (exact) mass is 218 g/mol. The van der Waals surface area contributed by atoms with Crippen molar-refractivity contribution >= 4 is 0 Å². The van der Waals surface area contributed by atoms with Crippen molar-refractivity contribution in [1.29, 1.82) is 0 Å². The fraction of sp³-hybridized carbons (Fsp3) is 0.538. The van der Waals surface area contributed by atoms with E-state index in [9.17, 15) is 0 Å². The Morgan fingerprint density at radius 2 is 2.12 bits per heavy atom. The van der Waals surface area contributed by atoms with Gasteiger partial charge in [0.25, 0.3) is 0 Å². The maximum absolute atomic E-state index is 5.77. The van der Waals surface area contributed by atoms with Crippen LogP contribution in [0.5, 0.6) is 0 Å². The van der Waals surface area contributed by atoms with E-state index in [1.165, 1.54) is 5.56 Å². The van der Waals surface area contributed by atoms with Crippen molar-refractivity contribution in [2.75, 3.05) is 26.2 Å². The Morgan fingerprint density at radius 3 is 3.00 bits per heavy atom. The van der Waals surface area contributed by atoms with E-state index in [1.807, 2.05) is 0 Å². The van der Waals surface area contributed by atoms with E-state index < -0.39 is 0 Å². The van der Waals surface area contributed by atoms with E-state index >= 15 is 0 Å². The van der Waals surface area contributed by atoms with E-state index in [0.29, 0.717) is 12.1 Å². The molecule has 0 bridgehead atoms. The first-order chi connectivity index (χ1) is 7.93. The van der Waals surface area contributed by atoms with Gasteiger partial charge in [-0.1, -0.05) is 30.3 Å². The minimum absolute atomic E-state index is 0.400. The average Bonchev–Trinajstić information content (AvgIpc) is 2.80. The SMILES string of the molecule is c1ccc(CN2CCOC3CNC[C@H]32)cc1. The quantitative estimate of drug-likeness (QED) is 0.797. The molecule has 0 radical (unpaired) electrons. The van der Waals surface area contributed by atoms with Gasteiger partial charge in [0.1, 0.15) is 0 Å². The lowest BCUT2D eigenvalue weighted by Crippen LogP contribution is -2.50. The third-order valence-electron chi connectivity index (χ3n) is 3.54. The Bertz CT molecular complexity index is 341. The van der Waals surface area contributed by atoms with Crippen LogP contribution in [0.2, 0.25) is 0 Å². The van der Waals surface area contributed by atoms with Crippen LogP contribution in [-0.4, -0.2) is 43.3 Å². The summed E-state index contributed by atoms with van der Waals surface area (Å²) in [5.74, 6) is 0. The van der Waals surface area contributed by atoms with E-state index in [1.54, 1.807) is 0 Å². The molecule has 2 aliphatic heterocycles. The van der Waals surface area contributed by atoms with Crippen LogP contribution >= 0.6 is 0 Å². The molecule has 86 valence electrons. The number of morpholine rings is 1. The van der Waals surface area contributed by atoms with Gasteiger partial charge in [0.05, 0.1) is 12.7 Å². The summed E-state index contributed by atoms with van der Waals surface area (Å²) in [6.45, 7) is 5.05. The minimum Gasteiger partial charge on any atom is -0.374 e. The standard InChI is InChI=1S/C13H18N2O/c1-2-4-11(5-3-1)10-15-6-7-16-13-9-14-8-12(13)15/h1-5,12-14H,6-10H2/t12-,13?/m1/s1. The van der Waals surface area contributed by atoms with Gasteiger partial charge < -0.3 is 10.1 Å². The second kappa shape index (κ2) is 4.53. The molecular weight excluding hydrogens is 200 g/mol. The zero-order valence-electron chi connectivity index (χ0n) is 9.43. The summed E-state index contributed by atoms with van der Waals surface area (Å²) >= 11 is 0. The summed E-state index contributed by atoms with van der Waals surface area (Å²) in [5, 5.41) is 3.41. The molecule has 3 rings (SSSR count). The molecule has 2 heterocycles. The van der Waals surface area contributed by atoms with E-state index in [-0.39, 0.29) is 0 Å². The normalized spacial score (nSPS) is 30.2. The van der Waals surface area contributed by atoms with Gasteiger partial charge in [0, 0.05) is 32.2 Å². The van der Waals surface area contributed by atoms with Crippen LogP contribution in [0.15, 0.2) is 30.3 Å². The van der Waals surface area contributed by atoms with Crippen molar-refractivity contribution in [3.8, 4) is 0 Å². The largest absolute Gasteiger partial charge is 0.374 e. The maximum Gasteiger partial charge on any atom is 0.0867 e. The van der Waals surface area contributed by atoms with Crippen molar-refractivity contribution in [3.05, 3.63) is 35.9 Å². The average molecular weight is 218 g/mol. The molecule has 2 atom stereocenters. The first-order valence-corrected chi connectivity index (χ1v) is 6.04. The number of rotatable bonds is 2. The molecular formula is C13H18N2O. The Morgan fingerprint density at radius 1 is 1.25 bits per heavy atom. The van der Waals surface area contributed by atoms with Crippen LogP contribution in [0.3, 0.4) is 0 Å². The molecule has 2 fully saturated rings. The maximum atomic E-state index is 5.77. The van der Waals surface area contributed by atoms with Crippen molar-refractivity contribution in [2.45, 2.75) is 18.7 Å². The van der Waals surface area contributed by atoms with E-state index in [2.05, 4.69) is 40.5 Å². The molecule has 1 aromatic rings. The van der Waals surface area contributed by atoms with Crippen LogP contribution < -0.4 is 5.32 Å². The second-order valence-corrected chi connectivity index (χ2v) is 4.59. The van der Waals surface area contributed by atoms with E-state index in [4.69, 9.17) is 4.74 Å². The molecule has 0 aromatic heterocycles. The highest BCUT2D eigenvalue weighted by molar-refractivity contribution is 5.15. The van der Waals surface area contributed by atoms with Gasteiger partial charge in [-0.3, -0.25) is 4.90 Å². The van der Waals surface area contributed by atoms with Crippen LogP contribution in [0.1, 0.15) is 5.56 Å². The van der Waals surface area contributed by atoms with Crippen LogP contribution in [0.4, 0.5) is 0 Å². The lowest BCUT2D eigenvalue weighted by molar-refractivity contribution is -0.0500. The Labute approximate surface area is 96.4 Å². The van der Waals surface area contributed by atoms with Gasteiger partial charge in [-0.05, 0) is 5.56 Å². The topological polar surface area (TPSA) is 24.5 Å². The van der Waals surface area contributed by atoms with Crippen molar-refractivity contribution < 1.29 is 4.74 Å². The molecule has 0 aliphatic carbocycles. The number of benzene rings is 1. The van der Waals surface area contributed by atoms with Crippen molar-refractivity contribution in [3.63, 3.8) is 0 Å². The molecule has 0 saturated carbocycles. The van der Waals surface area contributed by atoms with Gasteiger partial charge in [0.15, 0.2) is 0 Å². The van der Waals surface area contributed by atoms with Gasteiger partial charge in [-0.25, -0.2) is 0 Å². The lowest BCUT2D eigenvalue weighted by atomic mass is 10.1. The summed E-state index contributed by atoms with van der Waals surface area (Å²) in [5.41, 5.74) is 1.40. The zero-order chi connectivity index (χ0) is 10.8. The number of hydrogen-bond donors (Lipinski definition) is 1. The predicted octanol–water partition coefficient (Wildman–Crippen LogP) is 0.859. The molecule has 3 nitrogen and oxygen atoms in total. The molecule has 16 heavy (non-hydrogen) atoms. The summed E-state index contributed by atoms with van der Waals surface area (Å²) < 4.78 is 5.77. The van der Waals surface area contributed by atoms with Crippen LogP contribution in [0, 0.1) is 0 Å². The summed E-state index contributed by atoms with van der Waals surface area (Å²) in [6.07, 6.45) is 0.400. The Balaban J connectivity index is 1.70. The third kappa shape index (κ3) is 1.98.